The van der Waals surface area contributed by atoms with E-state index in [0.717, 1.165) is 18.7 Å². The minimum atomic E-state index is -0.0193. The molecule has 0 saturated carbocycles. The van der Waals surface area contributed by atoms with Gasteiger partial charge in [-0.05, 0) is 56.0 Å². The quantitative estimate of drug-likeness (QED) is 0.775. The number of nitrogens with zero attached hydrogens (tertiary/aromatic N) is 2. The highest BCUT2D eigenvalue weighted by Gasteiger charge is 2.17. The largest absolute Gasteiger partial charge is 0.493 e. The van der Waals surface area contributed by atoms with E-state index in [9.17, 15) is 4.79 Å². The van der Waals surface area contributed by atoms with E-state index >= 15 is 0 Å². The molecule has 2 aromatic carbocycles. The summed E-state index contributed by atoms with van der Waals surface area (Å²) in [6.45, 7) is 5.35. The lowest BCUT2D eigenvalue weighted by molar-refractivity contribution is 0.0781. The SMILES string of the molecule is CCOc1ccccc1C(=O)N(C)Cc1ccc(N2CCCCC2)cc1. The minimum Gasteiger partial charge on any atom is -0.493 e. The van der Waals surface area contributed by atoms with Gasteiger partial charge in [-0.2, -0.15) is 0 Å². The Bertz CT molecular complexity index is 721. The van der Waals surface area contributed by atoms with Crippen molar-refractivity contribution in [1.29, 1.82) is 0 Å². The summed E-state index contributed by atoms with van der Waals surface area (Å²) >= 11 is 0. The molecule has 138 valence electrons. The van der Waals surface area contributed by atoms with Gasteiger partial charge >= 0.3 is 0 Å². The van der Waals surface area contributed by atoms with Gasteiger partial charge in [-0.25, -0.2) is 0 Å². The predicted molar refractivity (Wildman–Crippen MR) is 106 cm³/mol. The number of para-hydroxylation sites is 1. The summed E-state index contributed by atoms with van der Waals surface area (Å²) in [4.78, 5) is 17.0. The van der Waals surface area contributed by atoms with Gasteiger partial charge in [0.25, 0.3) is 5.91 Å². The average Bonchev–Trinajstić information content (AvgIpc) is 2.69. The Morgan fingerprint density at radius 2 is 1.73 bits per heavy atom. The van der Waals surface area contributed by atoms with Crippen LogP contribution in [0.25, 0.3) is 0 Å². The Morgan fingerprint density at radius 1 is 1.04 bits per heavy atom. The number of anilines is 1. The zero-order valence-electron chi connectivity index (χ0n) is 15.8. The molecule has 1 saturated heterocycles. The molecule has 1 aliphatic rings. The van der Waals surface area contributed by atoms with Gasteiger partial charge in [-0.3, -0.25) is 4.79 Å². The Balaban J connectivity index is 1.65. The van der Waals surface area contributed by atoms with Crippen molar-refractivity contribution in [3.8, 4) is 5.75 Å². The van der Waals surface area contributed by atoms with Gasteiger partial charge in [0.2, 0.25) is 0 Å². The van der Waals surface area contributed by atoms with Gasteiger partial charge in [-0.15, -0.1) is 0 Å². The van der Waals surface area contributed by atoms with Crippen LogP contribution in [-0.2, 0) is 6.54 Å². The lowest BCUT2D eigenvalue weighted by Crippen LogP contribution is -2.29. The van der Waals surface area contributed by atoms with E-state index in [1.54, 1.807) is 4.90 Å². The van der Waals surface area contributed by atoms with Crippen LogP contribution in [0.2, 0.25) is 0 Å². The number of amides is 1. The maximum absolute atomic E-state index is 12.8. The third-order valence-corrected chi connectivity index (χ3v) is 4.84. The highest BCUT2D eigenvalue weighted by Crippen LogP contribution is 2.22. The molecule has 26 heavy (non-hydrogen) atoms. The second-order valence-corrected chi connectivity index (χ2v) is 6.80. The van der Waals surface area contributed by atoms with Crippen molar-refractivity contribution in [3.63, 3.8) is 0 Å². The second kappa shape index (κ2) is 8.75. The van der Waals surface area contributed by atoms with Crippen LogP contribution in [0.5, 0.6) is 5.75 Å². The molecule has 0 aliphatic carbocycles. The zero-order chi connectivity index (χ0) is 18.4. The Hall–Kier alpha value is -2.49. The van der Waals surface area contributed by atoms with Crippen molar-refractivity contribution in [2.75, 3.05) is 31.6 Å². The van der Waals surface area contributed by atoms with Crippen molar-refractivity contribution in [2.24, 2.45) is 0 Å². The number of piperidine rings is 1. The summed E-state index contributed by atoms with van der Waals surface area (Å²) < 4.78 is 5.59. The Morgan fingerprint density at radius 3 is 2.42 bits per heavy atom. The van der Waals surface area contributed by atoms with E-state index in [4.69, 9.17) is 4.74 Å². The van der Waals surface area contributed by atoms with E-state index in [1.165, 1.54) is 24.9 Å². The van der Waals surface area contributed by atoms with E-state index in [0.29, 0.717) is 24.5 Å². The molecule has 1 aliphatic heterocycles. The van der Waals surface area contributed by atoms with E-state index in [2.05, 4.69) is 29.2 Å². The van der Waals surface area contributed by atoms with Crippen LogP contribution in [0.4, 0.5) is 5.69 Å². The minimum absolute atomic E-state index is 0.0193. The third kappa shape index (κ3) is 4.37. The molecule has 0 atom stereocenters. The normalized spacial score (nSPS) is 14.2. The number of hydrogen-bond donors (Lipinski definition) is 0. The maximum atomic E-state index is 12.8. The van der Waals surface area contributed by atoms with Gasteiger partial charge < -0.3 is 14.5 Å². The highest BCUT2D eigenvalue weighted by atomic mass is 16.5. The molecule has 2 aromatic rings. The molecule has 3 rings (SSSR count). The van der Waals surface area contributed by atoms with Gasteiger partial charge in [0.1, 0.15) is 5.75 Å². The van der Waals surface area contributed by atoms with Gasteiger partial charge in [0, 0.05) is 32.4 Å². The van der Waals surface area contributed by atoms with Crippen LogP contribution < -0.4 is 9.64 Å². The number of rotatable bonds is 6. The molecule has 1 fully saturated rings. The van der Waals surface area contributed by atoms with Crippen molar-refractivity contribution >= 4 is 11.6 Å². The molecular formula is C22H28N2O2. The molecular weight excluding hydrogens is 324 g/mol. The summed E-state index contributed by atoms with van der Waals surface area (Å²) in [6, 6.07) is 16.0. The summed E-state index contributed by atoms with van der Waals surface area (Å²) in [5, 5.41) is 0. The molecule has 4 nitrogen and oxygen atoms in total. The molecule has 0 N–H and O–H groups in total. The fraction of sp³-hybridized carbons (Fsp3) is 0.409. The Kier molecular flexibility index (Phi) is 6.16. The van der Waals surface area contributed by atoms with Gasteiger partial charge in [0.15, 0.2) is 0 Å². The molecule has 1 amide bonds. The zero-order valence-corrected chi connectivity index (χ0v) is 15.8. The predicted octanol–water partition coefficient (Wildman–Crippen LogP) is 4.35. The number of ether oxygens (including phenoxy) is 1. The van der Waals surface area contributed by atoms with Gasteiger partial charge in [0.05, 0.1) is 12.2 Å². The van der Waals surface area contributed by atoms with Crippen LogP contribution in [0.3, 0.4) is 0 Å². The third-order valence-electron chi connectivity index (χ3n) is 4.84. The van der Waals surface area contributed by atoms with Gasteiger partial charge in [-0.1, -0.05) is 24.3 Å². The van der Waals surface area contributed by atoms with Crippen LogP contribution in [0, 0.1) is 0 Å². The molecule has 0 bridgehead atoms. The van der Waals surface area contributed by atoms with E-state index in [1.807, 2.05) is 38.2 Å². The summed E-state index contributed by atoms with van der Waals surface area (Å²) in [5.74, 6) is 0.626. The number of carbonyl (C=O) groups excluding carboxylic acids is 1. The number of hydrogen-bond acceptors (Lipinski definition) is 3. The molecule has 1 heterocycles. The van der Waals surface area contributed by atoms with Crippen LogP contribution in [0.15, 0.2) is 48.5 Å². The van der Waals surface area contributed by atoms with Crippen molar-refractivity contribution < 1.29 is 9.53 Å². The molecule has 4 heteroatoms. The standard InChI is InChI=1S/C22H28N2O2/c1-3-26-21-10-6-5-9-20(21)22(25)23(2)17-18-11-13-19(14-12-18)24-15-7-4-8-16-24/h5-6,9-14H,3-4,7-8,15-17H2,1-2H3. The van der Waals surface area contributed by atoms with Crippen LogP contribution in [0.1, 0.15) is 42.1 Å². The van der Waals surface area contributed by atoms with E-state index < -0.39 is 0 Å². The van der Waals surface area contributed by atoms with Crippen LogP contribution in [-0.4, -0.2) is 37.6 Å². The summed E-state index contributed by atoms with van der Waals surface area (Å²) in [5.41, 5.74) is 3.03. The first-order chi connectivity index (χ1) is 12.7. The topological polar surface area (TPSA) is 32.8 Å². The fourth-order valence-corrected chi connectivity index (χ4v) is 3.44. The molecule has 0 spiro atoms. The van der Waals surface area contributed by atoms with E-state index in [-0.39, 0.29) is 5.91 Å². The van der Waals surface area contributed by atoms with Crippen molar-refractivity contribution in [1.82, 2.24) is 4.90 Å². The molecule has 0 aromatic heterocycles. The first-order valence-corrected chi connectivity index (χ1v) is 9.50. The molecule has 0 unspecified atom stereocenters. The second-order valence-electron chi connectivity index (χ2n) is 6.80. The first kappa shape index (κ1) is 18.3. The number of carbonyl (C=O) groups is 1. The van der Waals surface area contributed by atoms with Crippen molar-refractivity contribution in [2.45, 2.75) is 32.7 Å². The summed E-state index contributed by atoms with van der Waals surface area (Å²) in [6.07, 6.45) is 3.89. The lowest BCUT2D eigenvalue weighted by atomic mass is 10.1. The number of benzene rings is 2. The smallest absolute Gasteiger partial charge is 0.257 e. The summed E-state index contributed by atoms with van der Waals surface area (Å²) in [7, 11) is 1.84. The first-order valence-electron chi connectivity index (χ1n) is 9.50. The monoisotopic (exact) mass is 352 g/mol. The lowest BCUT2D eigenvalue weighted by Gasteiger charge is -2.29. The highest BCUT2D eigenvalue weighted by molar-refractivity contribution is 5.96. The Labute approximate surface area is 156 Å². The maximum Gasteiger partial charge on any atom is 0.257 e. The van der Waals surface area contributed by atoms with Crippen molar-refractivity contribution in [3.05, 3.63) is 59.7 Å². The fourth-order valence-electron chi connectivity index (χ4n) is 3.44. The van der Waals surface area contributed by atoms with Crippen LogP contribution >= 0.6 is 0 Å². The average molecular weight is 352 g/mol. The molecule has 0 radical (unpaired) electrons.